The number of ether oxygens (including phenoxy) is 2. The van der Waals surface area contributed by atoms with E-state index >= 15 is 8.78 Å². The molecule has 0 aromatic carbocycles. The van der Waals surface area contributed by atoms with Crippen LogP contribution in [0.5, 0.6) is 0 Å². The van der Waals surface area contributed by atoms with Crippen LogP contribution < -0.4 is 21.8 Å². The number of aliphatic hydroxyl groups is 1. The third-order valence-corrected chi connectivity index (χ3v) is 4.65. The summed E-state index contributed by atoms with van der Waals surface area (Å²) < 4.78 is 43.6. The van der Waals surface area contributed by atoms with Crippen LogP contribution in [0.15, 0.2) is 21.8 Å². The minimum absolute atomic E-state index is 0.176. The first kappa shape index (κ1) is 22.2. The number of aliphatic hydroxyl groups excluding tert-OH is 1. The number of nitrogen functional groups attached to an aromatic ring is 1. The van der Waals surface area contributed by atoms with Crippen molar-refractivity contribution in [2.45, 2.75) is 43.4 Å². The standard InChI is InChI=1S/C13H18F2N5O7P/c1-11(14)7(21)13(15,5-26-12(2,9(22)23)19-28(17)25)27-8(11)20-4-3-6(16)18-10(20)24/h3-4,7-8,21H,5H2,1-2H3,(H2,17,19)(H,22,23)(H2,16,18,24)/t7-,8+,11+,12+,13+/m0/s1. The van der Waals surface area contributed by atoms with Crippen LogP contribution in [0, 0.1) is 0 Å². The van der Waals surface area contributed by atoms with Crippen LogP contribution in [-0.4, -0.2) is 55.7 Å². The lowest BCUT2D eigenvalue weighted by Gasteiger charge is -2.27. The molecule has 1 aromatic heterocycles. The lowest BCUT2D eigenvalue weighted by Crippen LogP contribution is -2.49. The molecule has 6 atom stereocenters. The molecule has 1 aliphatic rings. The summed E-state index contributed by atoms with van der Waals surface area (Å²) in [6.45, 7) is 0.251. The summed E-state index contributed by atoms with van der Waals surface area (Å²) in [4.78, 5) is 37.6. The second-order valence-electron chi connectivity index (χ2n) is 6.33. The SMILES string of the molecule is C[C@]1(F)[C@H](n2ccc(N)nc2=O)O[C@](F)(CO[C@@](C)(N=[P+](N)[O-])C(=O)O)[C@H]1O. The van der Waals surface area contributed by atoms with Gasteiger partial charge in [-0.15, -0.1) is 5.50 Å². The lowest BCUT2D eigenvalue weighted by atomic mass is 9.97. The van der Waals surface area contributed by atoms with Gasteiger partial charge >= 0.3 is 11.7 Å². The second kappa shape index (κ2) is 7.39. The Hall–Kier alpha value is -2.09. The Morgan fingerprint density at radius 3 is 2.75 bits per heavy atom. The van der Waals surface area contributed by atoms with Crippen LogP contribution in [0.1, 0.15) is 20.1 Å². The number of nitrogens with zero attached hydrogens (tertiary/aromatic N) is 3. The molecule has 156 valence electrons. The number of carboxylic acid groups (broad SMARTS) is 1. The number of nitrogens with two attached hydrogens (primary N) is 2. The summed E-state index contributed by atoms with van der Waals surface area (Å²) in [5.41, 5.74) is 3.79. The number of anilines is 1. The molecule has 28 heavy (non-hydrogen) atoms. The van der Waals surface area contributed by atoms with Gasteiger partial charge in [-0.05, 0) is 17.7 Å². The van der Waals surface area contributed by atoms with Crippen molar-refractivity contribution < 1.29 is 38.2 Å². The van der Waals surface area contributed by atoms with E-state index in [-0.39, 0.29) is 5.82 Å². The average molecular weight is 425 g/mol. The van der Waals surface area contributed by atoms with Gasteiger partial charge in [-0.25, -0.2) is 18.4 Å². The highest BCUT2D eigenvalue weighted by Crippen LogP contribution is 2.47. The van der Waals surface area contributed by atoms with Gasteiger partial charge in [-0.3, -0.25) is 4.57 Å². The van der Waals surface area contributed by atoms with E-state index in [0.29, 0.717) is 4.57 Å². The van der Waals surface area contributed by atoms with E-state index in [1.807, 2.05) is 0 Å². The molecule has 0 aliphatic carbocycles. The zero-order valence-corrected chi connectivity index (χ0v) is 15.5. The van der Waals surface area contributed by atoms with Crippen molar-refractivity contribution in [2.75, 3.05) is 12.3 Å². The average Bonchev–Trinajstić information content (AvgIpc) is 2.74. The zero-order valence-electron chi connectivity index (χ0n) is 14.7. The third-order valence-electron chi connectivity index (χ3n) is 4.07. The van der Waals surface area contributed by atoms with Crippen molar-refractivity contribution in [3.63, 3.8) is 0 Å². The van der Waals surface area contributed by atoms with E-state index in [1.165, 1.54) is 0 Å². The minimum atomic E-state index is -3.29. The highest BCUT2D eigenvalue weighted by molar-refractivity contribution is 7.36. The van der Waals surface area contributed by atoms with Crippen LogP contribution in [0.25, 0.3) is 0 Å². The van der Waals surface area contributed by atoms with E-state index in [9.17, 15) is 19.6 Å². The van der Waals surface area contributed by atoms with E-state index in [2.05, 4.69) is 9.73 Å². The molecule has 6 N–H and O–H groups in total. The first-order valence-corrected chi connectivity index (χ1v) is 8.91. The molecule has 2 rings (SSSR count). The number of halogens is 2. The number of carboxylic acids is 1. The predicted molar refractivity (Wildman–Crippen MR) is 87.9 cm³/mol. The van der Waals surface area contributed by atoms with Gasteiger partial charge in [0.05, 0.1) is 0 Å². The van der Waals surface area contributed by atoms with Gasteiger partial charge in [-0.1, -0.05) is 0 Å². The van der Waals surface area contributed by atoms with Gasteiger partial charge in [0.25, 0.3) is 19.7 Å². The largest absolute Gasteiger partial charge is 0.595 e. The Bertz CT molecular complexity index is 864. The van der Waals surface area contributed by atoms with E-state index in [0.717, 1.165) is 26.1 Å². The topological polar surface area (TPSA) is 198 Å². The van der Waals surface area contributed by atoms with Crippen LogP contribution in [0.4, 0.5) is 14.6 Å². The zero-order chi connectivity index (χ0) is 21.5. The van der Waals surface area contributed by atoms with Crippen LogP contribution in [0.2, 0.25) is 0 Å². The molecule has 1 saturated heterocycles. The molecule has 15 heteroatoms. The quantitative estimate of drug-likeness (QED) is 0.399. The highest BCUT2D eigenvalue weighted by atomic mass is 31.1. The number of carbonyl (C=O) groups is 1. The van der Waals surface area contributed by atoms with E-state index < -0.39 is 55.9 Å². The summed E-state index contributed by atoms with van der Waals surface area (Å²) in [7, 11) is -2.84. The lowest BCUT2D eigenvalue weighted by molar-refractivity contribution is -0.235. The van der Waals surface area contributed by atoms with Crippen molar-refractivity contribution in [1.82, 2.24) is 9.55 Å². The van der Waals surface area contributed by atoms with Gasteiger partial charge in [-0.2, -0.15) is 4.98 Å². The molecule has 1 aromatic rings. The molecule has 0 saturated carbocycles. The molecular weight excluding hydrogens is 407 g/mol. The van der Waals surface area contributed by atoms with Crippen LogP contribution in [0.3, 0.4) is 0 Å². The van der Waals surface area contributed by atoms with Crippen molar-refractivity contribution in [3.8, 4) is 0 Å². The first-order chi connectivity index (χ1) is 12.7. The normalized spacial score (nSPS) is 32.9. The highest BCUT2D eigenvalue weighted by Gasteiger charge is 2.65. The molecule has 0 bridgehead atoms. The monoisotopic (exact) mass is 425 g/mol. The molecule has 1 aliphatic heterocycles. The number of aliphatic carboxylic acids is 1. The Morgan fingerprint density at radius 2 is 2.25 bits per heavy atom. The maximum Gasteiger partial charge on any atom is 0.363 e. The molecular formula is C13H18F2N5O7P. The molecule has 12 nitrogen and oxygen atoms in total. The van der Waals surface area contributed by atoms with Gasteiger partial charge in [0.2, 0.25) is 0 Å². The van der Waals surface area contributed by atoms with E-state index in [1.54, 1.807) is 0 Å². The Kier molecular flexibility index (Phi) is 5.86. The predicted octanol–water partition coefficient (Wildman–Crippen LogP) is -1.26. The smallest absolute Gasteiger partial charge is 0.363 e. The van der Waals surface area contributed by atoms with Gasteiger partial charge in [0, 0.05) is 13.1 Å². The van der Waals surface area contributed by atoms with E-state index in [4.69, 9.17) is 25.8 Å². The maximum absolute atomic E-state index is 15.1. The second-order valence-corrected chi connectivity index (χ2v) is 7.14. The fourth-order valence-electron chi connectivity index (χ4n) is 2.53. The Balaban J connectivity index is 2.34. The molecule has 0 spiro atoms. The first-order valence-electron chi connectivity index (χ1n) is 7.63. The third kappa shape index (κ3) is 4.01. The molecule has 2 heterocycles. The number of alkyl halides is 2. The number of rotatable bonds is 6. The van der Waals surface area contributed by atoms with Crippen molar-refractivity contribution in [1.29, 1.82) is 0 Å². The summed E-state index contributed by atoms with van der Waals surface area (Å²) in [6.07, 6.45) is -3.49. The van der Waals surface area contributed by atoms with Crippen molar-refractivity contribution in [3.05, 3.63) is 22.7 Å². The fraction of sp³-hybridized carbons (Fsp3) is 0.615. The summed E-state index contributed by atoms with van der Waals surface area (Å²) in [5.74, 6) is -5.23. The molecule has 1 fully saturated rings. The van der Waals surface area contributed by atoms with Crippen LogP contribution >= 0.6 is 8.09 Å². The van der Waals surface area contributed by atoms with Gasteiger partial charge < -0.3 is 30.3 Å². The summed E-state index contributed by atoms with van der Waals surface area (Å²) in [6, 6.07) is 1.13. The van der Waals surface area contributed by atoms with Gasteiger partial charge in [0.15, 0.2) is 18.0 Å². The number of aromatic nitrogens is 2. The maximum atomic E-state index is 15.1. The summed E-state index contributed by atoms with van der Waals surface area (Å²) in [5, 5.41) is 19.2. The molecule has 0 radical (unpaired) electrons. The minimum Gasteiger partial charge on any atom is -0.595 e. The molecule has 1 unspecified atom stereocenters. The molecule has 0 amide bonds. The van der Waals surface area contributed by atoms with Crippen LogP contribution in [-0.2, 0) is 14.3 Å². The van der Waals surface area contributed by atoms with Crippen molar-refractivity contribution in [2.24, 2.45) is 10.2 Å². The summed E-state index contributed by atoms with van der Waals surface area (Å²) >= 11 is 0. The fourth-order valence-corrected chi connectivity index (χ4v) is 3.05. The number of hydrogen-bond donors (Lipinski definition) is 4. The Labute approximate surface area is 157 Å². The Morgan fingerprint density at radius 1 is 1.64 bits per heavy atom. The van der Waals surface area contributed by atoms with Gasteiger partial charge in [0.1, 0.15) is 12.4 Å². The number of hydrogen-bond acceptors (Lipinski definition) is 9. The van der Waals surface area contributed by atoms with Crippen molar-refractivity contribution >= 4 is 19.9 Å².